The first-order chi connectivity index (χ1) is 12.1. The molecule has 5 nitrogen and oxygen atoms in total. The number of benzene rings is 2. The predicted octanol–water partition coefficient (Wildman–Crippen LogP) is 3.33. The zero-order valence-electron chi connectivity index (χ0n) is 13.8. The van der Waals surface area contributed by atoms with E-state index in [1.54, 1.807) is 36.3 Å². The van der Waals surface area contributed by atoms with Gasteiger partial charge in [0.15, 0.2) is 0 Å². The first-order valence-electron chi connectivity index (χ1n) is 7.97. The van der Waals surface area contributed by atoms with Crippen LogP contribution in [0.25, 0.3) is 0 Å². The van der Waals surface area contributed by atoms with Crippen LogP contribution < -0.4 is 15.0 Å². The Bertz CT molecular complexity index is 762. The largest absolute Gasteiger partial charge is 0.497 e. The highest BCUT2D eigenvalue weighted by molar-refractivity contribution is 5.89. The van der Waals surface area contributed by atoms with E-state index in [1.165, 1.54) is 12.1 Å². The van der Waals surface area contributed by atoms with Crippen molar-refractivity contribution >= 4 is 17.4 Å². The van der Waals surface area contributed by atoms with Gasteiger partial charge in [0.1, 0.15) is 17.4 Å². The minimum absolute atomic E-state index is 0.215. The van der Waals surface area contributed by atoms with Crippen molar-refractivity contribution in [1.29, 1.82) is 0 Å². The third kappa shape index (κ3) is 3.99. The number of urea groups is 1. The van der Waals surface area contributed by atoms with Crippen LogP contribution in [-0.4, -0.2) is 44.2 Å². The van der Waals surface area contributed by atoms with Crippen LogP contribution in [0, 0.1) is 11.6 Å². The van der Waals surface area contributed by atoms with E-state index in [1.807, 2.05) is 4.90 Å². The van der Waals surface area contributed by atoms with Gasteiger partial charge in [0.2, 0.25) is 0 Å². The van der Waals surface area contributed by atoms with Gasteiger partial charge >= 0.3 is 6.03 Å². The normalized spacial score (nSPS) is 14.4. The van der Waals surface area contributed by atoms with E-state index in [9.17, 15) is 13.6 Å². The molecule has 0 atom stereocenters. The number of hydrogen-bond donors (Lipinski definition) is 1. The van der Waals surface area contributed by atoms with Crippen LogP contribution >= 0.6 is 0 Å². The Kier molecular flexibility index (Phi) is 5.02. The molecule has 7 heteroatoms. The van der Waals surface area contributed by atoms with Gasteiger partial charge in [0, 0.05) is 44.0 Å². The number of carbonyl (C=O) groups is 1. The van der Waals surface area contributed by atoms with Gasteiger partial charge in [0.25, 0.3) is 0 Å². The molecule has 0 radical (unpaired) electrons. The van der Waals surface area contributed by atoms with Gasteiger partial charge in [-0.05, 0) is 24.3 Å². The molecule has 1 aliphatic heterocycles. The fourth-order valence-corrected chi connectivity index (χ4v) is 2.79. The Labute approximate surface area is 144 Å². The average molecular weight is 347 g/mol. The minimum Gasteiger partial charge on any atom is -0.497 e. The van der Waals surface area contributed by atoms with E-state index < -0.39 is 11.6 Å². The van der Waals surface area contributed by atoms with Crippen LogP contribution in [0.2, 0.25) is 0 Å². The number of piperazine rings is 1. The molecule has 132 valence electrons. The lowest BCUT2D eigenvalue weighted by Gasteiger charge is -2.36. The molecule has 25 heavy (non-hydrogen) atoms. The quantitative estimate of drug-likeness (QED) is 0.926. The Hall–Kier alpha value is -2.83. The fraction of sp³-hybridized carbons (Fsp3) is 0.278. The van der Waals surface area contributed by atoms with E-state index in [0.29, 0.717) is 43.3 Å². The smallest absolute Gasteiger partial charge is 0.321 e. The van der Waals surface area contributed by atoms with Crippen molar-refractivity contribution in [3.63, 3.8) is 0 Å². The Morgan fingerprint density at radius 1 is 1.08 bits per heavy atom. The van der Waals surface area contributed by atoms with Gasteiger partial charge in [-0.25, -0.2) is 13.6 Å². The first kappa shape index (κ1) is 17.0. The molecule has 0 aromatic heterocycles. The number of ether oxygens (including phenoxy) is 1. The molecule has 1 fully saturated rings. The number of nitrogens with one attached hydrogen (secondary N) is 1. The Balaban J connectivity index is 1.58. The van der Waals surface area contributed by atoms with Gasteiger partial charge in [-0.3, -0.25) is 0 Å². The standard InChI is InChI=1S/C18H19F2N3O2/c1-25-15-4-2-3-14(12-15)21-18(24)23-9-7-22(8-10-23)17-6-5-13(19)11-16(17)20/h2-6,11-12H,7-10H2,1H3,(H,21,24). The molecule has 2 amide bonds. The van der Waals surface area contributed by atoms with Gasteiger partial charge in [-0.15, -0.1) is 0 Å². The summed E-state index contributed by atoms with van der Waals surface area (Å²) in [5, 5.41) is 2.82. The van der Waals surface area contributed by atoms with Gasteiger partial charge < -0.3 is 19.9 Å². The van der Waals surface area contributed by atoms with Crippen LogP contribution in [0.15, 0.2) is 42.5 Å². The summed E-state index contributed by atoms with van der Waals surface area (Å²) in [6.07, 6.45) is 0. The van der Waals surface area contributed by atoms with E-state index >= 15 is 0 Å². The minimum atomic E-state index is -0.599. The van der Waals surface area contributed by atoms with Crippen LogP contribution in [0.4, 0.5) is 25.0 Å². The van der Waals surface area contributed by atoms with E-state index in [-0.39, 0.29) is 6.03 Å². The molecule has 2 aromatic rings. The van der Waals surface area contributed by atoms with Crippen molar-refractivity contribution in [2.75, 3.05) is 43.5 Å². The molecule has 0 unspecified atom stereocenters. The van der Waals surface area contributed by atoms with Crippen LogP contribution in [0.5, 0.6) is 5.75 Å². The van der Waals surface area contributed by atoms with Crippen LogP contribution in [0.3, 0.4) is 0 Å². The first-order valence-corrected chi connectivity index (χ1v) is 7.97. The van der Waals surface area contributed by atoms with Crippen molar-refractivity contribution in [2.45, 2.75) is 0 Å². The summed E-state index contributed by atoms with van der Waals surface area (Å²) in [7, 11) is 1.56. The molecular formula is C18H19F2N3O2. The Morgan fingerprint density at radius 2 is 1.84 bits per heavy atom. The predicted molar refractivity (Wildman–Crippen MR) is 92.2 cm³/mol. The van der Waals surface area contributed by atoms with E-state index in [0.717, 1.165) is 6.07 Å². The molecule has 3 rings (SSSR count). The average Bonchev–Trinajstić information content (AvgIpc) is 2.62. The molecule has 0 spiro atoms. The van der Waals surface area contributed by atoms with E-state index in [4.69, 9.17) is 4.74 Å². The number of methoxy groups -OCH3 is 1. The van der Waals surface area contributed by atoms with Crippen molar-refractivity contribution in [3.8, 4) is 5.75 Å². The summed E-state index contributed by atoms with van der Waals surface area (Å²) >= 11 is 0. The molecule has 0 aliphatic carbocycles. The lowest BCUT2D eigenvalue weighted by molar-refractivity contribution is 0.208. The lowest BCUT2D eigenvalue weighted by atomic mass is 10.2. The number of nitrogens with zero attached hydrogens (tertiary/aromatic N) is 2. The highest BCUT2D eigenvalue weighted by atomic mass is 19.1. The maximum absolute atomic E-state index is 13.9. The number of anilines is 2. The highest BCUT2D eigenvalue weighted by Gasteiger charge is 2.23. The fourth-order valence-electron chi connectivity index (χ4n) is 2.79. The van der Waals surface area contributed by atoms with Crippen molar-refractivity contribution in [3.05, 3.63) is 54.1 Å². The highest BCUT2D eigenvalue weighted by Crippen LogP contribution is 2.22. The topological polar surface area (TPSA) is 44.8 Å². The monoisotopic (exact) mass is 347 g/mol. The van der Waals surface area contributed by atoms with Crippen molar-refractivity contribution in [2.24, 2.45) is 0 Å². The summed E-state index contributed by atoms with van der Waals surface area (Å²) < 4.78 is 32.0. The lowest BCUT2D eigenvalue weighted by Crippen LogP contribution is -2.50. The molecule has 1 aliphatic rings. The maximum atomic E-state index is 13.9. The number of hydrogen-bond acceptors (Lipinski definition) is 3. The number of carbonyl (C=O) groups excluding carboxylic acids is 1. The van der Waals surface area contributed by atoms with Crippen molar-refractivity contribution in [1.82, 2.24) is 4.90 Å². The zero-order chi connectivity index (χ0) is 17.8. The SMILES string of the molecule is COc1cccc(NC(=O)N2CCN(c3ccc(F)cc3F)CC2)c1. The second-order valence-corrected chi connectivity index (χ2v) is 5.73. The summed E-state index contributed by atoms with van der Waals surface area (Å²) in [5.41, 5.74) is 1.01. The third-order valence-electron chi connectivity index (χ3n) is 4.14. The van der Waals surface area contributed by atoms with E-state index in [2.05, 4.69) is 5.32 Å². The van der Waals surface area contributed by atoms with Crippen LogP contribution in [0.1, 0.15) is 0 Å². The third-order valence-corrected chi connectivity index (χ3v) is 4.14. The molecular weight excluding hydrogens is 328 g/mol. The van der Waals surface area contributed by atoms with Gasteiger partial charge in [0.05, 0.1) is 12.8 Å². The number of amides is 2. The molecule has 2 aromatic carbocycles. The maximum Gasteiger partial charge on any atom is 0.321 e. The van der Waals surface area contributed by atoms with Crippen molar-refractivity contribution < 1.29 is 18.3 Å². The molecule has 0 bridgehead atoms. The summed E-state index contributed by atoms with van der Waals surface area (Å²) in [6, 6.07) is 10.4. The second-order valence-electron chi connectivity index (χ2n) is 5.73. The molecule has 0 saturated carbocycles. The van der Waals surface area contributed by atoms with Gasteiger partial charge in [-0.1, -0.05) is 6.07 Å². The van der Waals surface area contributed by atoms with Gasteiger partial charge in [-0.2, -0.15) is 0 Å². The zero-order valence-corrected chi connectivity index (χ0v) is 13.8. The second kappa shape index (κ2) is 7.38. The summed E-state index contributed by atoms with van der Waals surface area (Å²) in [6.45, 7) is 1.86. The summed E-state index contributed by atoms with van der Waals surface area (Å²) in [5.74, 6) is -0.527. The molecule has 1 heterocycles. The number of rotatable bonds is 3. The number of halogens is 2. The summed E-state index contributed by atoms with van der Waals surface area (Å²) in [4.78, 5) is 15.8. The molecule has 1 N–H and O–H groups in total. The van der Waals surface area contributed by atoms with Crippen LogP contribution in [-0.2, 0) is 0 Å². The Morgan fingerprint density at radius 3 is 2.52 bits per heavy atom. The molecule has 1 saturated heterocycles.